The SMILES string of the molecule is Cn1cc(Cl)cc1C(=O)N[C@H](Cc1ccccc1)C(=O)O. The van der Waals surface area contributed by atoms with Crippen LogP contribution in [0.5, 0.6) is 0 Å². The first-order chi connectivity index (χ1) is 9.97. The van der Waals surface area contributed by atoms with Crippen LogP contribution in [0.3, 0.4) is 0 Å². The fourth-order valence-corrected chi connectivity index (χ4v) is 2.28. The number of carboxylic acids is 1. The zero-order valence-electron chi connectivity index (χ0n) is 11.4. The topological polar surface area (TPSA) is 71.3 Å². The second-order valence-corrected chi connectivity index (χ2v) is 5.14. The number of carbonyl (C=O) groups excluding carboxylic acids is 1. The number of aromatic nitrogens is 1. The summed E-state index contributed by atoms with van der Waals surface area (Å²) >= 11 is 5.82. The van der Waals surface area contributed by atoms with Crippen molar-refractivity contribution in [1.29, 1.82) is 0 Å². The third-order valence-corrected chi connectivity index (χ3v) is 3.30. The summed E-state index contributed by atoms with van der Waals surface area (Å²) in [6.07, 6.45) is 1.81. The molecule has 0 fully saturated rings. The van der Waals surface area contributed by atoms with Gasteiger partial charge in [-0.2, -0.15) is 0 Å². The molecule has 0 radical (unpaired) electrons. The summed E-state index contributed by atoms with van der Waals surface area (Å²) in [4.78, 5) is 23.4. The largest absolute Gasteiger partial charge is 0.480 e. The van der Waals surface area contributed by atoms with Gasteiger partial charge in [-0.3, -0.25) is 4.79 Å². The Bertz CT molecular complexity index is 652. The van der Waals surface area contributed by atoms with Gasteiger partial charge in [-0.1, -0.05) is 41.9 Å². The van der Waals surface area contributed by atoms with Gasteiger partial charge in [0.05, 0.1) is 5.02 Å². The van der Waals surface area contributed by atoms with Crippen molar-refractivity contribution < 1.29 is 14.7 Å². The van der Waals surface area contributed by atoms with Crippen LogP contribution in [0.1, 0.15) is 16.1 Å². The van der Waals surface area contributed by atoms with Crippen LogP contribution in [0.15, 0.2) is 42.6 Å². The standard InChI is InChI=1S/C15H15ClN2O3/c1-18-9-11(16)8-13(18)14(19)17-12(15(20)21)7-10-5-3-2-4-6-10/h2-6,8-9,12H,7H2,1H3,(H,17,19)(H,20,21)/t12-/m1/s1. The van der Waals surface area contributed by atoms with Gasteiger partial charge >= 0.3 is 5.97 Å². The van der Waals surface area contributed by atoms with Crippen molar-refractivity contribution in [2.24, 2.45) is 7.05 Å². The Labute approximate surface area is 127 Å². The highest BCUT2D eigenvalue weighted by Gasteiger charge is 2.22. The van der Waals surface area contributed by atoms with Crippen molar-refractivity contribution in [3.8, 4) is 0 Å². The number of nitrogens with one attached hydrogen (secondary N) is 1. The molecule has 0 bridgehead atoms. The van der Waals surface area contributed by atoms with E-state index in [9.17, 15) is 14.7 Å². The van der Waals surface area contributed by atoms with E-state index < -0.39 is 17.9 Å². The highest BCUT2D eigenvalue weighted by molar-refractivity contribution is 6.31. The highest BCUT2D eigenvalue weighted by atomic mass is 35.5. The van der Waals surface area contributed by atoms with Gasteiger partial charge in [-0.05, 0) is 11.6 Å². The average Bonchev–Trinajstić information content (AvgIpc) is 2.78. The van der Waals surface area contributed by atoms with Crippen LogP contribution in [-0.4, -0.2) is 27.6 Å². The second kappa shape index (κ2) is 6.45. The molecule has 6 heteroatoms. The van der Waals surface area contributed by atoms with Crippen molar-refractivity contribution in [1.82, 2.24) is 9.88 Å². The van der Waals surface area contributed by atoms with Crippen molar-refractivity contribution >= 4 is 23.5 Å². The predicted octanol–water partition coefficient (Wildman–Crippen LogP) is 2.10. The summed E-state index contributed by atoms with van der Waals surface area (Å²) in [7, 11) is 1.67. The van der Waals surface area contributed by atoms with Crippen LogP contribution >= 0.6 is 11.6 Å². The number of benzene rings is 1. The van der Waals surface area contributed by atoms with Gasteiger partial charge in [0.1, 0.15) is 11.7 Å². The van der Waals surface area contributed by atoms with Gasteiger partial charge in [0.25, 0.3) is 5.91 Å². The van der Waals surface area contributed by atoms with Gasteiger partial charge in [0, 0.05) is 19.7 Å². The van der Waals surface area contributed by atoms with Crippen LogP contribution in [0.25, 0.3) is 0 Å². The number of carbonyl (C=O) groups is 2. The summed E-state index contributed by atoms with van der Waals surface area (Å²) in [5, 5.41) is 12.2. The van der Waals surface area contributed by atoms with E-state index in [0.717, 1.165) is 5.56 Å². The number of halogens is 1. The smallest absolute Gasteiger partial charge is 0.326 e. The molecule has 0 aliphatic heterocycles. The Hall–Kier alpha value is -2.27. The molecule has 0 spiro atoms. The highest BCUT2D eigenvalue weighted by Crippen LogP contribution is 2.13. The maximum atomic E-state index is 12.1. The molecule has 21 heavy (non-hydrogen) atoms. The van der Waals surface area contributed by atoms with E-state index in [0.29, 0.717) is 10.7 Å². The molecule has 2 N–H and O–H groups in total. The summed E-state index contributed by atoms with van der Waals surface area (Å²) in [6.45, 7) is 0. The van der Waals surface area contributed by atoms with E-state index in [2.05, 4.69) is 5.32 Å². The number of carboxylic acid groups (broad SMARTS) is 1. The van der Waals surface area contributed by atoms with Crippen molar-refractivity contribution in [3.63, 3.8) is 0 Å². The second-order valence-electron chi connectivity index (χ2n) is 4.71. The molecule has 2 rings (SSSR count). The minimum Gasteiger partial charge on any atom is -0.480 e. The van der Waals surface area contributed by atoms with Crippen molar-refractivity contribution in [3.05, 3.63) is 58.9 Å². The van der Waals surface area contributed by atoms with Gasteiger partial charge in [-0.25, -0.2) is 4.79 Å². The number of hydrogen-bond acceptors (Lipinski definition) is 2. The van der Waals surface area contributed by atoms with Gasteiger partial charge < -0.3 is 15.0 Å². The zero-order chi connectivity index (χ0) is 15.4. The Balaban J connectivity index is 2.11. The predicted molar refractivity (Wildman–Crippen MR) is 79.5 cm³/mol. The van der Waals surface area contributed by atoms with E-state index >= 15 is 0 Å². The van der Waals surface area contributed by atoms with Gasteiger partial charge in [0.15, 0.2) is 0 Å². The fourth-order valence-electron chi connectivity index (χ4n) is 2.03. The number of rotatable bonds is 5. The molecule has 0 unspecified atom stereocenters. The molecular formula is C15H15ClN2O3. The van der Waals surface area contributed by atoms with Crippen LogP contribution in [0, 0.1) is 0 Å². The molecule has 0 saturated heterocycles. The minimum atomic E-state index is -1.08. The minimum absolute atomic E-state index is 0.222. The number of aliphatic carboxylic acids is 1. The van der Waals surface area contributed by atoms with E-state index in [1.807, 2.05) is 30.3 Å². The molecule has 5 nitrogen and oxygen atoms in total. The van der Waals surface area contributed by atoms with Crippen LogP contribution in [0.4, 0.5) is 0 Å². The summed E-state index contributed by atoms with van der Waals surface area (Å²) in [6, 6.07) is 9.65. The Morgan fingerprint density at radius 1 is 1.33 bits per heavy atom. The number of nitrogens with zero attached hydrogens (tertiary/aromatic N) is 1. The lowest BCUT2D eigenvalue weighted by Crippen LogP contribution is -2.42. The molecule has 1 aromatic heterocycles. The fraction of sp³-hybridized carbons (Fsp3) is 0.200. The first kappa shape index (κ1) is 15.1. The summed E-state index contributed by atoms with van der Waals surface area (Å²) in [5.41, 5.74) is 1.16. The lowest BCUT2D eigenvalue weighted by Gasteiger charge is -2.15. The molecule has 1 heterocycles. The molecule has 110 valence electrons. The summed E-state index contributed by atoms with van der Waals surface area (Å²) in [5.74, 6) is -1.54. The summed E-state index contributed by atoms with van der Waals surface area (Å²) < 4.78 is 1.55. The number of amides is 1. The van der Waals surface area contributed by atoms with E-state index in [4.69, 9.17) is 11.6 Å². The normalized spacial score (nSPS) is 11.9. The molecule has 0 saturated carbocycles. The zero-order valence-corrected chi connectivity index (χ0v) is 12.2. The average molecular weight is 307 g/mol. The Morgan fingerprint density at radius 2 is 2.00 bits per heavy atom. The number of aryl methyl sites for hydroxylation is 1. The maximum Gasteiger partial charge on any atom is 0.326 e. The Kier molecular flexibility index (Phi) is 4.65. The lowest BCUT2D eigenvalue weighted by atomic mass is 10.1. The maximum absolute atomic E-state index is 12.1. The van der Waals surface area contributed by atoms with E-state index in [1.165, 1.54) is 6.07 Å². The third-order valence-electron chi connectivity index (χ3n) is 3.09. The Morgan fingerprint density at radius 3 is 2.52 bits per heavy atom. The molecule has 0 aliphatic carbocycles. The van der Waals surface area contributed by atoms with E-state index in [1.54, 1.807) is 17.8 Å². The molecule has 2 aromatic rings. The number of hydrogen-bond donors (Lipinski definition) is 2. The first-order valence-corrected chi connectivity index (χ1v) is 6.74. The van der Waals surface area contributed by atoms with Crippen molar-refractivity contribution in [2.75, 3.05) is 0 Å². The molecular weight excluding hydrogens is 292 g/mol. The molecule has 1 atom stereocenters. The van der Waals surface area contributed by atoms with Gasteiger partial charge in [-0.15, -0.1) is 0 Å². The first-order valence-electron chi connectivity index (χ1n) is 6.37. The molecule has 1 aromatic carbocycles. The third kappa shape index (κ3) is 3.86. The van der Waals surface area contributed by atoms with Gasteiger partial charge in [0.2, 0.25) is 0 Å². The van der Waals surface area contributed by atoms with E-state index in [-0.39, 0.29) is 6.42 Å². The quantitative estimate of drug-likeness (QED) is 0.888. The van der Waals surface area contributed by atoms with Crippen LogP contribution in [0.2, 0.25) is 5.02 Å². The van der Waals surface area contributed by atoms with Crippen LogP contribution in [-0.2, 0) is 18.3 Å². The molecule has 1 amide bonds. The van der Waals surface area contributed by atoms with Crippen molar-refractivity contribution in [2.45, 2.75) is 12.5 Å². The van der Waals surface area contributed by atoms with Crippen LogP contribution < -0.4 is 5.32 Å². The lowest BCUT2D eigenvalue weighted by molar-refractivity contribution is -0.139. The molecule has 0 aliphatic rings. The monoisotopic (exact) mass is 306 g/mol.